The van der Waals surface area contributed by atoms with Crippen molar-refractivity contribution in [3.63, 3.8) is 0 Å². The number of aryl methyl sites for hydroxylation is 1. The van der Waals surface area contributed by atoms with Gasteiger partial charge in [0.25, 0.3) is 0 Å². The lowest BCUT2D eigenvalue weighted by molar-refractivity contribution is -0.116. The number of nitrogen functional groups attached to an aromatic ring is 1. The Morgan fingerprint density at radius 3 is 2.52 bits per heavy atom. The Hall–Kier alpha value is -2.49. The largest absolute Gasteiger partial charge is 0.497 e. The van der Waals surface area contributed by atoms with Gasteiger partial charge in [-0.15, -0.1) is 0 Å². The molecule has 4 nitrogen and oxygen atoms in total. The zero-order valence-corrected chi connectivity index (χ0v) is 13.9. The summed E-state index contributed by atoms with van der Waals surface area (Å²) < 4.78 is 5.16. The van der Waals surface area contributed by atoms with Crippen LogP contribution in [0.5, 0.6) is 5.75 Å². The number of ether oxygens (including phenoxy) is 1. The van der Waals surface area contributed by atoms with E-state index in [1.54, 1.807) is 25.3 Å². The summed E-state index contributed by atoms with van der Waals surface area (Å²) in [6.07, 6.45) is 1.42. The maximum atomic E-state index is 12.3. The second kappa shape index (κ2) is 7.68. The van der Waals surface area contributed by atoms with Crippen molar-refractivity contribution in [1.82, 2.24) is 0 Å². The number of hydrogen-bond donors (Lipinski definition) is 2. The lowest BCUT2D eigenvalue weighted by atomic mass is 9.96. The summed E-state index contributed by atoms with van der Waals surface area (Å²) in [4.78, 5) is 12.3. The molecule has 0 saturated carbocycles. The fourth-order valence-corrected chi connectivity index (χ4v) is 2.45. The highest BCUT2D eigenvalue weighted by atomic mass is 16.5. The summed E-state index contributed by atoms with van der Waals surface area (Å²) >= 11 is 0. The third-order valence-electron chi connectivity index (χ3n) is 3.98. The normalized spacial score (nSPS) is 11.8. The Kier molecular flexibility index (Phi) is 5.63. The Morgan fingerprint density at radius 2 is 1.91 bits per heavy atom. The van der Waals surface area contributed by atoms with Crippen LogP contribution in [0.2, 0.25) is 0 Å². The molecule has 122 valence electrons. The molecule has 2 rings (SSSR count). The molecule has 0 aromatic heterocycles. The van der Waals surface area contributed by atoms with Gasteiger partial charge in [0.1, 0.15) is 5.75 Å². The zero-order valence-electron chi connectivity index (χ0n) is 13.9. The molecule has 0 aliphatic heterocycles. The monoisotopic (exact) mass is 312 g/mol. The first-order valence-corrected chi connectivity index (χ1v) is 7.85. The average Bonchev–Trinajstić information content (AvgIpc) is 2.56. The first-order valence-electron chi connectivity index (χ1n) is 7.85. The molecule has 0 bridgehead atoms. The van der Waals surface area contributed by atoms with Crippen molar-refractivity contribution in [3.8, 4) is 5.75 Å². The van der Waals surface area contributed by atoms with Crippen molar-refractivity contribution >= 4 is 17.3 Å². The molecule has 1 amide bonds. The molecule has 0 aliphatic carbocycles. The van der Waals surface area contributed by atoms with E-state index in [2.05, 4.69) is 43.4 Å². The van der Waals surface area contributed by atoms with Crippen LogP contribution in [0, 0.1) is 0 Å². The fourth-order valence-electron chi connectivity index (χ4n) is 2.45. The van der Waals surface area contributed by atoms with E-state index in [0.717, 1.165) is 12.0 Å². The average molecular weight is 312 g/mol. The van der Waals surface area contributed by atoms with Crippen LogP contribution >= 0.6 is 0 Å². The van der Waals surface area contributed by atoms with Gasteiger partial charge in [-0.3, -0.25) is 4.79 Å². The minimum Gasteiger partial charge on any atom is -0.497 e. The standard InChI is InChI=1S/C19H24N2O2/c1-4-14-5-7-15(8-6-14)13(2)11-19(22)21-18-12-16(23-3)9-10-17(18)20/h5-10,12-13H,4,11,20H2,1-3H3,(H,21,22). The Labute approximate surface area is 137 Å². The van der Waals surface area contributed by atoms with E-state index in [9.17, 15) is 4.79 Å². The molecule has 0 saturated heterocycles. The van der Waals surface area contributed by atoms with E-state index in [-0.39, 0.29) is 11.8 Å². The first kappa shape index (κ1) is 16.9. The number of nitrogens with one attached hydrogen (secondary N) is 1. The third kappa shape index (κ3) is 4.49. The number of nitrogens with two attached hydrogens (primary N) is 1. The highest BCUT2D eigenvalue weighted by Gasteiger charge is 2.13. The molecule has 0 heterocycles. The van der Waals surface area contributed by atoms with Crippen LogP contribution in [0.1, 0.15) is 37.3 Å². The van der Waals surface area contributed by atoms with Crippen LogP contribution in [0.25, 0.3) is 0 Å². The molecule has 0 fully saturated rings. The van der Waals surface area contributed by atoms with Gasteiger partial charge in [-0.1, -0.05) is 38.1 Å². The van der Waals surface area contributed by atoms with Crippen molar-refractivity contribution in [2.24, 2.45) is 0 Å². The van der Waals surface area contributed by atoms with Crippen molar-refractivity contribution in [1.29, 1.82) is 0 Å². The summed E-state index contributed by atoms with van der Waals surface area (Å²) in [6.45, 7) is 4.18. The number of amides is 1. The maximum absolute atomic E-state index is 12.3. The lowest BCUT2D eigenvalue weighted by Crippen LogP contribution is -2.15. The smallest absolute Gasteiger partial charge is 0.225 e. The topological polar surface area (TPSA) is 64.3 Å². The van der Waals surface area contributed by atoms with Crippen molar-refractivity contribution in [2.75, 3.05) is 18.2 Å². The van der Waals surface area contributed by atoms with Crippen LogP contribution in [0.15, 0.2) is 42.5 Å². The van der Waals surface area contributed by atoms with Crippen molar-refractivity contribution in [3.05, 3.63) is 53.6 Å². The quantitative estimate of drug-likeness (QED) is 0.793. The number of carbonyl (C=O) groups is 1. The summed E-state index contributed by atoms with van der Waals surface area (Å²) in [7, 11) is 1.58. The molecule has 0 spiro atoms. The minimum atomic E-state index is -0.0583. The van der Waals surface area contributed by atoms with Gasteiger partial charge in [0.15, 0.2) is 0 Å². The summed E-state index contributed by atoms with van der Waals surface area (Å²) in [5.74, 6) is 0.752. The highest BCUT2D eigenvalue weighted by Crippen LogP contribution is 2.26. The fraction of sp³-hybridized carbons (Fsp3) is 0.316. The molecule has 3 N–H and O–H groups in total. The molecule has 2 aromatic rings. The number of anilines is 2. The van der Waals surface area contributed by atoms with Gasteiger partial charge in [0, 0.05) is 12.5 Å². The van der Waals surface area contributed by atoms with Crippen LogP contribution in [-0.4, -0.2) is 13.0 Å². The number of hydrogen-bond acceptors (Lipinski definition) is 3. The van der Waals surface area contributed by atoms with Crippen molar-refractivity contribution in [2.45, 2.75) is 32.6 Å². The van der Waals surface area contributed by atoms with E-state index in [1.165, 1.54) is 5.56 Å². The summed E-state index contributed by atoms with van der Waals surface area (Å²) in [5.41, 5.74) is 9.47. The van der Waals surface area contributed by atoms with Crippen LogP contribution in [-0.2, 0) is 11.2 Å². The van der Waals surface area contributed by atoms with Crippen molar-refractivity contribution < 1.29 is 9.53 Å². The second-order valence-electron chi connectivity index (χ2n) is 5.70. The molecule has 0 aliphatic rings. The van der Waals surface area contributed by atoms with Crippen LogP contribution in [0.3, 0.4) is 0 Å². The number of methoxy groups -OCH3 is 1. The Morgan fingerprint density at radius 1 is 1.22 bits per heavy atom. The van der Waals surface area contributed by atoms with Gasteiger partial charge in [-0.05, 0) is 35.6 Å². The number of carbonyl (C=O) groups excluding carboxylic acids is 1. The highest BCUT2D eigenvalue weighted by molar-refractivity contribution is 5.94. The van der Waals surface area contributed by atoms with E-state index in [1.807, 2.05) is 0 Å². The van der Waals surface area contributed by atoms with Crippen LogP contribution < -0.4 is 15.8 Å². The summed E-state index contributed by atoms with van der Waals surface area (Å²) in [6, 6.07) is 13.6. The first-order chi connectivity index (χ1) is 11.0. The molecule has 23 heavy (non-hydrogen) atoms. The van der Waals surface area contributed by atoms with Gasteiger partial charge < -0.3 is 15.8 Å². The van der Waals surface area contributed by atoms with E-state index < -0.39 is 0 Å². The van der Waals surface area contributed by atoms with E-state index >= 15 is 0 Å². The minimum absolute atomic E-state index is 0.0583. The van der Waals surface area contributed by atoms with Gasteiger partial charge >= 0.3 is 0 Å². The van der Waals surface area contributed by atoms with Gasteiger partial charge in [-0.2, -0.15) is 0 Å². The Balaban J connectivity index is 2.01. The maximum Gasteiger partial charge on any atom is 0.225 e. The second-order valence-corrected chi connectivity index (χ2v) is 5.70. The van der Waals surface area contributed by atoms with E-state index in [0.29, 0.717) is 23.5 Å². The van der Waals surface area contributed by atoms with Gasteiger partial charge in [0.05, 0.1) is 18.5 Å². The number of benzene rings is 2. The molecular formula is C19H24N2O2. The molecule has 1 atom stereocenters. The molecule has 1 unspecified atom stereocenters. The molecule has 4 heteroatoms. The summed E-state index contributed by atoms with van der Waals surface area (Å²) in [5, 5.41) is 2.86. The third-order valence-corrected chi connectivity index (χ3v) is 3.98. The van der Waals surface area contributed by atoms with Gasteiger partial charge in [0.2, 0.25) is 5.91 Å². The van der Waals surface area contributed by atoms with E-state index in [4.69, 9.17) is 10.5 Å². The molecule has 2 aromatic carbocycles. The zero-order chi connectivity index (χ0) is 16.8. The predicted molar refractivity (Wildman–Crippen MR) is 94.9 cm³/mol. The predicted octanol–water partition coefficient (Wildman–Crippen LogP) is 3.97. The molecular weight excluding hydrogens is 288 g/mol. The SMILES string of the molecule is CCc1ccc(C(C)CC(=O)Nc2cc(OC)ccc2N)cc1. The molecule has 0 radical (unpaired) electrons. The lowest BCUT2D eigenvalue weighted by Gasteiger charge is -2.14. The van der Waals surface area contributed by atoms with Crippen LogP contribution in [0.4, 0.5) is 11.4 Å². The van der Waals surface area contributed by atoms with Gasteiger partial charge in [-0.25, -0.2) is 0 Å². The number of rotatable bonds is 6. The Bertz CT molecular complexity index is 666.